The van der Waals surface area contributed by atoms with Crippen molar-refractivity contribution in [3.63, 3.8) is 0 Å². The normalized spacial score (nSPS) is 10.9. The van der Waals surface area contributed by atoms with Crippen molar-refractivity contribution in [2.24, 2.45) is 0 Å². The molecule has 28 heavy (non-hydrogen) atoms. The Hall–Kier alpha value is -3.14. The Morgan fingerprint density at radius 1 is 1.18 bits per heavy atom. The van der Waals surface area contributed by atoms with Crippen LogP contribution in [0.2, 0.25) is 0 Å². The van der Waals surface area contributed by atoms with Crippen molar-refractivity contribution in [3.05, 3.63) is 58.1 Å². The number of rotatable bonds is 9. The highest BCUT2D eigenvalue weighted by Crippen LogP contribution is 2.27. The molecule has 2 N–H and O–H groups in total. The van der Waals surface area contributed by atoms with Gasteiger partial charge < -0.3 is 15.4 Å². The van der Waals surface area contributed by atoms with Crippen molar-refractivity contribution < 1.29 is 22.9 Å². The van der Waals surface area contributed by atoms with E-state index in [4.69, 9.17) is 4.74 Å². The molecule has 0 atom stereocenters. The minimum atomic E-state index is -3.55. The minimum absolute atomic E-state index is 0.133. The number of sulfone groups is 1. The Morgan fingerprint density at radius 3 is 2.54 bits per heavy atom. The number of nitro groups is 1. The van der Waals surface area contributed by atoms with E-state index in [0.717, 1.165) is 17.9 Å². The number of nitro benzene ring substituents is 1. The largest absolute Gasteiger partial charge is 0.484 e. The van der Waals surface area contributed by atoms with Crippen molar-refractivity contribution in [2.45, 2.75) is 11.8 Å². The van der Waals surface area contributed by atoms with Crippen molar-refractivity contribution in [2.75, 3.05) is 31.3 Å². The SMILES string of the molecule is Cc1ccccc1OCC(=O)NCCNc1ccc(S(C)(=O)=O)cc1[N+](=O)[O-]. The molecule has 0 aliphatic rings. The minimum Gasteiger partial charge on any atom is -0.484 e. The number of amides is 1. The molecular formula is C18H21N3O6S. The van der Waals surface area contributed by atoms with Crippen molar-refractivity contribution in [3.8, 4) is 5.75 Å². The molecule has 1 amide bonds. The lowest BCUT2D eigenvalue weighted by Gasteiger charge is -2.11. The number of nitrogens with one attached hydrogen (secondary N) is 2. The highest BCUT2D eigenvalue weighted by Gasteiger charge is 2.18. The third-order valence-electron chi connectivity index (χ3n) is 3.81. The Balaban J connectivity index is 1.85. The van der Waals surface area contributed by atoms with Gasteiger partial charge >= 0.3 is 0 Å². The number of ether oxygens (including phenoxy) is 1. The van der Waals surface area contributed by atoms with Crippen LogP contribution in [-0.4, -0.2) is 45.2 Å². The van der Waals surface area contributed by atoms with E-state index in [1.54, 1.807) is 6.07 Å². The number of nitrogens with zero attached hydrogens (tertiary/aromatic N) is 1. The molecule has 0 heterocycles. The number of anilines is 1. The molecule has 0 fully saturated rings. The summed E-state index contributed by atoms with van der Waals surface area (Å²) in [4.78, 5) is 22.2. The third kappa shape index (κ3) is 5.95. The zero-order valence-corrected chi connectivity index (χ0v) is 16.3. The molecule has 2 aromatic carbocycles. The topological polar surface area (TPSA) is 128 Å². The molecule has 0 aliphatic heterocycles. The van der Waals surface area contributed by atoms with E-state index >= 15 is 0 Å². The fourth-order valence-electron chi connectivity index (χ4n) is 2.35. The first-order chi connectivity index (χ1) is 13.2. The molecule has 0 bridgehead atoms. The number of aryl methyl sites for hydroxylation is 1. The summed E-state index contributed by atoms with van der Waals surface area (Å²) in [6.45, 7) is 2.16. The van der Waals surface area contributed by atoms with Crippen LogP contribution >= 0.6 is 0 Å². The maximum Gasteiger partial charge on any atom is 0.293 e. The zero-order valence-electron chi connectivity index (χ0n) is 15.5. The van der Waals surface area contributed by atoms with Crippen LogP contribution in [0.4, 0.5) is 11.4 Å². The van der Waals surface area contributed by atoms with Gasteiger partial charge in [0.25, 0.3) is 11.6 Å². The van der Waals surface area contributed by atoms with Gasteiger partial charge in [0.05, 0.1) is 9.82 Å². The van der Waals surface area contributed by atoms with E-state index in [-0.39, 0.29) is 41.9 Å². The summed E-state index contributed by atoms with van der Waals surface area (Å²) in [7, 11) is -3.55. The van der Waals surface area contributed by atoms with Gasteiger partial charge in [-0.25, -0.2) is 8.42 Å². The first-order valence-corrected chi connectivity index (χ1v) is 10.2. The summed E-state index contributed by atoms with van der Waals surface area (Å²) in [6.07, 6.45) is 0.980. The van der Waals surface area contributed by atoms with Crippen LogP contribution < -0.4 is 15.4 Å². The first kappa shape index (κ1) is 21.2. The molecule has 0 aliphatic carbocycles. The second-order valence-corrected chi connectivity index (χ2v) is 8.05. The average molecular weight is 407 g/mol. The van der Waals surface area contributed by atoms with Crippen LogP contribution in [0.25, 0.3) is 0 Å². The lowest BCUT2D eigenvalue weighted by molar-refractivity contribution is -0.384. The Labute approximate surface area is 162 Å². The molecule has 2 rings (SSSR count). The quantitative estimate of drug-likeness (QED) is 0.369. The van der Waals surface area contributed by atoms with E-state index in [1.165, 1.54) is 12.1 Å². The van der Waals surface area contributed by atoms with Gasteiger partial charge in [0.15, 0.2) is 16.4 Å². The molecule has 0 unspecified atom stereocenters. The van der Waals surface area contributed by atoms with Crippen LogP contribution in [0.15, 0.2) is 47.4 Å². The molecule has 0 radical (unpaired) electrons. The van der Waals surface area contributed by atoms with Crippen LogP contribution in [-0.2, 0) is 14.6 Å². The van der Waals surface area contributed by atoms with E-state index < -0.39 is 14.8 Å². The average Bonchev–Trinajstić information content (AvgIpc) is 2.63. The summed E-state index contributed by atoms with van der Waals surface area (Å²) in [5.41, 5.74) is 0.738. The number of benzene rings is 2. The fourth-order valence-corrected chi connectivity index (χ4v) is 3.00. The van der Waals surface area contributed by atoms with Gasteiger partial charge in [-0.15, -0.1) is 0 Å². The number of para-hydroxylation sites is 1. The van der Waals surface area contributed by atoms with Gasteiger partial charge in [0.2, 0.25) is 0 Å². The molecule has 0 saturated heterocycles. The zero-order chi connectivity index (χ0) is 20.7. The number of hydrogen-bond acceptors (Lipinski definition) is 7. The molecule has 0 aromatic heterocycles. The van der Waals surface area contributed by atoms with Gasteiger partial charge in [0, 0.05) is 25.4 Å². The molecule has 9 nitrogen and oxygen atoms in total. The summed E-state index contributed by atoms with van der Waals surface area (Å²) in [5.74, 6) is 0.296. The second-order valence-electron chi connectivity index (χ2n) is 6.04. The van der Waals surface area contributed by atoms with Gasteiger partial charge in [-0.05, 0) is 30.7 Å². The van der Waals surface area contributed by atoms with E-state index in [0.29, 0.717) is 5.75 Å². The van der Waals surface area contributed by atoms with Crippen LogP contribution in [0, 0.1) is 17.0 Å². The third-order valence-corrected chi connectivity index (χ3v) is 4.92. The maximum atomic E-state index is 11.8. The Morgan fingerprint density at radius 2 is 1.89 bits per heavy atom. The fraction of sp³-hybridized carbons (Fsp3) is 0.278. The monoisotopic (exact) mass is 407 g/mol. The van der Waals surface area contributed by atoms with Gasteiger partial charge in [-0.2, -0.15) is 0 Å². The smallest absolute Gasteiger partial charge is 0.293 e. The Kier molecular flexibility index (Phi) is 6.94. The van der Waals surface area contributed by atoms with E-state index in [1.807, 2.05) is 25.1 Å². The molecule has 0 spiro atoms. The van der Waals surface area contributed by atoms with Crippen molar-refractivity contribution in [1.29, 1.82) is 0 Å². The lowest BCUT2D eigenvalue weighted by atomic mass is 10.2. The van der Waals surface area contributed by atoms with Gasteiger partial charge in [-0.3, -0.25) is 14.9 Å². The highest BCUT2D eigenvalue weighted by atomic mass is 32.2. The predicted octanol–water partition coefficient (Wildman–Crippen LogP) is 1.91. The number of carbonyl (C=O) groups excluding carboxylic acids is 1. The summed E-state index contributed by atoms with van der Waals surface area (Å²) < 4.78 is 28.5. The Bertz CT molecular complexity index is 975. The summed E-state index contributed by atoms with van der Waals surface area (Å²) in [6, 6.07) is 11.0. The predicted molar refractivity (Wildman–Crippen MR) is 104 cm³/mol. The lowest BCUT2D eigenvalue weighted by Crippen LogP contribution is -2.32. The van der Waals surface area contributed by atoms with Gasteiger partial charge in [-0.1, -0.05) is 18.2 Å². The van der Waals surface area contributed by atoms with Crippen molar-refractivity contribution >= 4 is 27.1 Å². The van der Waals surface area contributed by atoms with Crippen molar-refractivity contribution in [1.82, 2.24) is 5.32 Å². The van der Waals surface area contributed by atoms with Crippen LogP contribution in [0.1, 0.15) is 5.56 Å². The maximum absolute atomic E-state index is 11.8. The molecule has 2 aromatic rings. The van der Waals surface area contributed by atoms with Crippen LogP contribution in [0.5, 0.6) is 5.75 Å². The highest BCUT2D eigenvalue weighted by molar-refractivity contribution is 7.90. The van der Waals surface area contributed by atoms with E-state index in [9.17, 15) is 23.3 Å². The molecule has 150 valence electrons. The standard InChI is InChI=1S/C18H21N3O6S/c1-13-5-3-4-6-17(13)27-12-18(22)20-10-9-19-15-8-7-14(28(2,25)26)11-16(15)21(23)24/h3-8,11,19H,9-10,12H2,1-2H3,(H,20,22). The number of hydrogen-bond donors (Lipinski definition) is 2. The summed E-state index contributed by atoms with van der Waals surface area (Å²) >= 11 is 0. The summed E-state index contributed by atoms with van der Waals surface area (Å²) in [5, 5.41) is 16.6. The second kappa shape index (κ2) is 9.18. The first-order valence-electron chi connectivity index (χ1n) is 8.36. The van der Waals surface area contributed by atoms with E-state index in [2.05, 4.69) is 10.6 Å². The molecule has 0 saturated carbocycles. The molecular weight excluding hydrogens is 386 g/mol. The molecule has 10 heteroatoms. The van der Waals surface area contributed by atoms with Gasteiger partial charge in [0.1, 0.15) is 11.4 Å². The van der Waals surface area contributed by atoms with Crippen LogP contribution in [0.3, 0.4) is 0 Å². The number of carbonyl (C=O) groups is 1.